The van der Waals surface area contributed by atoms with Crippen LogP contribution < -0.4 is 0 Å². The first-order valence-electron chi connectivity index (χ1n) is 3.27. The summed E-state index contributed by atoms with van der Waals surface area (Å²) in [7, 11) is 4.36. The van der Waals surface area contributed by atoms with Crippen LogP contribution in [0.15, 0.2) is 24.4 Å². The fourth-order valence-corrected chi connectivity index (χ4v) is 1.20. The SMILES string of the molecule is C.C=C1CC=C[N+](C)(C)C1. The molecule has 0 spiro atoms. The van der Waals surface area contributed by atoms with Gasteiger partial charge in [0.15, 0.2) is 0 Å². The Morgan fingerprint density at radius 3 is 2.40 bits per heavy atom. The molecule has 0 saturated carbocycles. The Hall–Kier alpha value is -0.560. The van der Waals surface area contributed by atoms with E-state index < -0.39 is 0 Å². The molecule has 0 unspecified atom stereocenters. The topological polar surface area (TPSA) is 0 Å². The van der Waals surface area contributed by atoms with Gasteiger partial charge in [-0.2, -0.15) is 0 Å². The third-order valence-electron chi connectivity index (χ3n) is 1.55. The lowest BCUT2D eigenvalue weighted by Gasteiger charge is -2.28. The van der Waals surface area contributed by atoms with Crippen molar-refractivity contribution < 1.29 is 4.48 Å². The van der Waals surface area contributed by atoms with E-state index in [4.69, 9.17) is 0 Å². The monoisotopic (exact) mass is 140 g/mol. The highest BCUT2D eigenvalue weighted by molar-refractivity contribution is 5.04. The molecule has 1 heterocycles. The minimum absolute atomic E-state index is 0. The second kappa shape index (κ2) is 3.02. The zero-order chi connectivity index (χ0) is 6.91. The quantitative estimate of drug-likeness (QED) is 0.357. The summed E-state index contributed by atoms with van der Waals surface area (Å²) in [5, 5.41) is 0. The summed E-state index contributed by atoms with van der Waals surface area (Å²) >= 11 is 0. The molecule has 0 aromatic heterocycles. The summed E-state index contributed by atoms with van der Waals surface area (Å²) in [6.07, 6.45) is 5.47. The Morgan fingerprint density at radius 2 is 2.10 bits per heavy atom. The molecule has 1 aliphatic rings. The van der Waals surface area contributed by atoms with Crippen LogP contribution in [0.2, 0.25) is 0 Å². The lowest BCUT2D eigenvalue weighted by atomic mass is 10.1. The molecule has 0 aromatic rings. The molecule has 0 aliphatic carbocycles. The van der Waals surface area contributed by atoms with Crippen LogP contribution in [0.5, 0.6) is 0 Å². The zero-order valence-corrected chi connectivity index (χ0v) is 6.22. The van der Waals surface area contributed by atoms with Crippen LogP contribution in [0, 0.1) is 0 Å². The molecule has 1 aliphatic heterocycles. The highest BCUT2D eigenvalue weighted by Gasteiger charge is 2.15. The van der Waals surface area contributed by atoms with Gasteiger partial charge in [-0.05, 0) is 18.1 Å². The van der Waals surface area contributed by atoms with Crippen molar-refractivity contribution in [1.29, 1.82) is 0 Å². The summed E-state index contributed by atoms with van der Waals surface area (Å²) in [6.45, 7) is 5.04. The third kappa shape index (κ3) is 2.36. The highest BCUT2D eigenvalue weighted by Crippen LogP contribution is 2.13. The van der Waals surface area contributed by atoms with Crippen molar-refractivity contribution >= 4 is 0 Å². The van der Waals surface area contributed by atoms with E-state index in [2.05, 4.69) is 33.0 Å². The lowest BCUT2D eigenvalue weighted by molar-refractivity contribution is -0.835. The molecule has 0 amide bonds. The molecule has 0 bridgehead atoms. The number of hydrogen-bond donors (Lipinski definition) is 0. The molecule has 0 aromatic carbocycles. The van der Waals surface area contributed by atoms with Gasteiger partial charge in [0.2, 0.25) is 0 Å². The average molecular weight is 140 g/mol. The van der Waals surface area contributed by atoms with Crippen LogP contribution in [0.25, 0.3) is 0 Å². The number of rotatable bonds is 0. The van der Waals surface area contributed by atoms with Crippen LogP contribution in [0.1, 0.15) is 13.8 Å². The van der Waals surface area contributed by atoms with Crippen molar-refractivity contribution in [2.24, 2.45) is 0 Å². The molecule has 10 heavy (non-hydrogen) atoms. The number of hydrogen-bond acceptors (Lipinski definition) is 0. The summed E-state index contributed by atoms with van der Waals surface area (Å²) in [5.41, 5.74) is 1.34. The van der Waals surface area contributed by atoms with Gasteiger partial charge in [0.05, 0.1) is 20.3 Å². The third-order valence-corrected chi connectivity index (χ3v) is 1.55. The van der Waals surface area contributed by atoms with Gasteiger partial charge in [-0.3, -0.25) is 4.48 Å². The Balaban J connectivity index is 0.000000810. The number of allylic oxidation sites excluding steroid dienone is 1. The highest BCUT2D eigenvalue weighted by atomic mass is 15.3. The van der Waals surface area contributed by atoms with Crippen molar-refractivity contribution in [2.75, 3.05) is 20.6 Å². The van der Waals surface area contributed by atoms with E-state index >= 15 is 0 Å². The van der Waals surface area contributed by atoms with Crippen molar-refractivity contribution in [3.8, 4) is 0 Å². The van der Waals surface area contributed by atoms with E-state index in [0.29, 0.717) is 0 Å². The maximum atomic E-state index is 3.94. The van der Waals surface area contributed by atoms with E-state index in [-0.39, 0.29) is 7.43 Å². The zero-order valence-electron chi connectivity index (χ0n) is 6.22. The van der Waals surface area contributed by atoms with E-state index in [1.165, 1.54) is 5.57 Å². The maximum Gasteiger partial charge on any atom is 0.104 e. The Kier molecular flexibility index (Phi) is 2.85. The van der Waals surface area contributed by atoms with E-state index in [1.54, 1.807) is 0 Å². The van der Waals surface area contributed by atoms with Crippen LogP contribution >= 0.6 is 0 Å². The van der Waals surface area contributed by atoms with Gasteiger partial charge in [0, 0.05) is 0 Å². The fourth-order valence-electron chi connectivity index (χ4n) is 1.20. The number of quaternary nitrogens is 1. The van der Waals surface area contributed by atoms with Gasteiger partial charge in [0.25, 0.3) is 0 Å². The van der Waals surface area contributed by atoms with E-state index in [1.807, 2.05) is 0 Å². The lowest BCUT2D eigenvalue weighted by Crippen LogP contribution is -2.36. The minimum atomic E-state index is 0. The summed E-state index contributed by atoms with van der Waals surface area (Å²) in [5.74, 6) is 0. The van der Waals surface area contributed by atoms with Crippen LogP contribution in [0.3, 0.4) is 0 Å². The van der Waals surface area contributed by atoms with Gasteiger partial charge >= 0.3 is 0 Å². The van der Waals surface area contributed by atoms with Crippen molar-refractivity contribution in [3.05, 3.63) is 24.4 Å². The molecule has 1 heteroatoms. The van der Waals surface area contributed by atoms with Gasteiger partial charge < -0.3 is 0 Å². The molecule has 0 radical (unpaired) electrons. The molecular formula is C9H18N+. The van der Waals surface area contributed by atoms with Gasteiger partial charge in [-0.15, -0.1) is 0 Å². The smallest absolute Gasteiger partial charge is 0.104 e. The second-order valence-corrected chi connectivity index (χ2v) is 3.28. The largest absolute Gasteiger partial charge is 0.299 e. The Bertz CT molecular complexity index is 154. The molecule has 58 valence electrons. The molecular weight excluding hydrogens is 122 g/mol. The van der Waals surface area contributed by atoms with Crippen LogP contribution in [0.4, 0.5) is 0 Å². The molecule has 0 N–H and O–H groups in total. The first kappa shape index (κ1) is 9.44. The van der Waals surface area contributed by atoms with E-state index in [9.17, 15) is 0 Å². The van der Waals surface area contributed by atoms with Crippen LogP contribution in [-0.2, 0) is 0 Å². The predicted octanol–water partition coefficient (Wildman–Crippen LogP) is 2.17. The first-order chi connectivity index (χ1) is 4.10. The normalized spacial score (nSPS) is 22.0. The van der Waals surface area contributed by atoms with Gasteiger partial charge in [-0.25, -0.2) is 0 Å². The number of nitrogens with zero attached hydrogens (tertiary/aromatic N) is 1. The fraction of sp³-hybridized carbons (Fsp3) is 0.556. The summed E-state index contributed by atoms with van der Waals surface area (Å²) in [6, 6.07) is 0. The molecule has 0 saturated heterocycles. The summed E-state index contributed by atoms with van der Waals surface area (Å²) in [4.78, 5) is 0. The van der Waals surface area contributed by atoms with Crippen LogP contribution in [-0.4, -0.2) is 25.1 Å². The Morgan fingerprint density at radius 1 is 1.50 bits per heavy atom. The van der Waals surface area contributed by atoms with Crippen molar-refractivity contribution in [3.63, 3.8) is 0 Å². The average Bonchev–Trinajstić information content (AvgIpc) is 1.60. The molecule has 1 rings (SSSR count). The van der Waals surface area contributed by atoms with Gasteiger partial charge in [-0.1, -0.05) is 14.0 Å². The van der Waals surface area contributed by atoms with Crippen molar-refractivity contribution in [2.45, 2.75) is 13.8 Å². The van der Waals surface area contributed by atoms with Crippen molar-refractivity contribution in [1.82, 2.24) is 0 Å². The summed E-state index contributed by atoms with van der Waals surface area (Å²) < 4.78 is 0.957. The van der Waals surface area contributed by atoms with E-state index in [0.717, 1.165) is 17.4 Å². The molecule has 1 nitrogen and oxygen atoms in total. The molecule has 0 fully saturated rings. The molecule has 0 atom stereocenters. The second-order valence-electron chi connectivity index (χ2n) is 3.28. The predicted molar refractivity (Wildman–Crippen MR) is 46.6 cm³/mol. The minimum Gasteiger partial charge on any atom is -0.299 e. The number of likely N-dealkylation sites (N-methyl/N-ethyl adjacent to an activating group) is 1. The Labute approximate surface area is 64.2 Å². The standard InChI is InChI=1S/C8H14N.CH4/c1-8-5-4-6-9(2,3)7-8;/h4,6H,1,5,7H2,2-3H3;1H4/q+1;. The first-order valence-corrected chi connectivity index (χ1v) is 3.27. The maximum absolute atomic E-state index is 3.94. The van der Waals surface area contributed by atoms with Gasteiger partial charge in [0.1, 0.15) is 6.54 Å².